The molecule has 0 bridgehead atoms. The van der Waals surface area contributed by atoms with Gasteiger partial charge in [0, 0.05) is 31.4 Å². The fourth-order valence-electron chi connectivity index (χ4n) is 1.79. The van der Waals surface area contributed by atoms with Gasteiger partial charge in [-0.3, -0.25) is 4.68 Å². The Bertz CT molecular complexity index is 318. The van der Waals surface area contributed by atoms with Gasteiger partial charge in [0.15, 0.2) is 0 Å². The third-order valence-corrected chi connectivity index (χ3v) is 3.24. The molecule has 98 valence electrons. The van der Waals surface area contributed by atoms with Crippen LogP contribution in [-0.4, -0.2) is 27.0 Å². The first-order chi connectivity index (χ1) is 8.13. The second-order valence-electron chi connectivity index (χ2n) is 4.65. The Morgan fingerprint density at radius 1 is 1.35 bits per heavy atom. The number of aromatic nitrogens is 2. The van der Waals surface area contributed by atoms with E-state index in [9.17, 15) is 5.11 Å². The Morgan fingerprint density at radius 3 is 2.65 bits per heavy atom. The maximum absolute atomic E-state index is 10.1. The van der Waals surface area contributed by atoms with E-state index in [-0.39, 0.29) is 0 Å². The Kier molecular flexibility index (Phi) is 5.65. The quantitative estimate of drug-likeness (QED) is 0.729. The highest BCUT2D eigenvalue weighted by Crippen LogP contribution is 2.13. The van der Waals surface area contributed by atoms with E-state index in [2.05, 4.69) is 23.5 Å². The molecule has 1 heterocycles. The van der Waals surface area contributed by atoms with Crippen LogP contribution in [0, 0.1) is 0 Å². The molecule has 1 aromatic heterocycles. The number of nitrogens with zero attached hydrogens (tertiary/aromatic N) is 2. The van der Waals surface area contributed by atoms with Crippen LogP contribution in [0.25, 0.3) is 0 Å². The maximum atomic E-state index is 10.1. The zero-order valence-corrected chi connectivity index (χ0v) is 11.2. The number of nitrogens with one attached hydrogen (secondary N) is 1. The minimum Gasteiger partial charge on any atom is -0.389 e. The van der Waals surface area contributed by atoms with Gasteiger partial charge in [-0.1, -0.05) is 20.8 Å². The maximum Gasteiger partial charge on any atom is 0.0766 e. The third kappa shape index (κ3) is 4.48. The summed E-state index contributed by atoms with van der Waals surface area (Å²) >= 11 is 0. The van der Waals surface area contributed by atoms with E-state index in [1.807, 2.05) is 24.7 Å². The van der Waals surface area contributed by atoms with Crippen LogP contribution < -0.4 is 5.32 Å². The van der Waals surface area contributed by atoms with Gasteiger partial charge in [0.2, 0.25) is 0 Å². The molecule has 0 unspecified atom stereocenters. The summed E-state index contributed by atoms with van der Waals surface area (Å²) in [5.74, 6) is 0. The van der Waals surface area contributed by atoms with Crippen molar-refractivity contribution in [1.82, 2.24) is 15.1 Å². The fourth-order valence-corrected chi connectivity index (χ4v) is 1.79. The molecule has 0 aliphatic heterocycles. The molecule has 1 rings (SSSR count). The second kappa shape index (κ2) is 6.77. The molecule has 17 heavy (non-hydrogen) atoms. The van der Waals surface area contributed by atoms with Gasteiger partial charge in [-0.05, 0) is 19.3 Å². The molecule has 0 spiro atoms. The molecular formula is C13H25N3O. The highest BCUT2D eigenvalue weighted by atomic mass is 16.3. The van der Waals surface area contributed by atoms with Crippen molar-refractivity contribution in [2.75, 3.05) is 6.54 Å². The lowest BCUT2D eigenvalue weighted by Crippen LogP contribution is -2.39. The average molecular weight is 239 g/mol. The van der Waals surface area contributed by atoms with Crippen LogP contribution in [0.1, 0.15) is 45.6 Å². The second-order valence-corrected chi connectivity index (χ2v) is 4.65. The Labute approximate surface area is 104 Å². The zero-order chi connectivity index (χ0) is 12.7. The van der Waals surface area contributed by atoms with E-state index >= 15 is 0 Å². The highest BCUT2D eigenvalue weighted by molar-refractivity contribution is 5.03. The van der Waals surface area contributed by atoms with Crippen molar-refractivity contribution in [1.29, 1.82) is 0 Å². The molecule has 0 aliphatic carbocycles. The lowest BCUT2D eigenvalue weighted by atomic mass is 9.97. The van der Waals surface area contributed by atoms with Gasteiger partial charge >= 0.3 is 0 Å². The van der Waals surface area contributed by atoms with Crippen LogP contribution in [-0.2, 0) is 13.1 Å². The summed E-state index contributed by atoms with van der Waals surface area (Å²) in [4.78, 5) is 0. The number of hydrogen-bond donors (Lipinski definition) is 2. The predicted molar refractivity (Wildman–Crippen MR) is 69.8 cm³/mol. The van der Waals surface area contributed by atoms with Gasteiger partial charge in [0.25, 0.3) is 0 Å². The van der Waals surface area contributed by atoms with Crippen molar-refractivity contribution in [2.24, 2.45) is 0 Å². The first-order valence-electron chi connectivity index (χ1n) is 6.58. The molecular weight excluding hydrogens is 214 g/mol. The normalized spacial score (nSPS) is 12.0. The van der Waals surface area contributed by atoms with Crippen molar-refractivity contribution >= 4 is 0 Å². The van der Waals surface area contributed by atoms with E-state index in [4.69, 9.17) is 0 Å². The third-order valence-electron chi connectivity index (χ3n) is 3.24. The summed E-state index contributed by atoms with van der Waals surface area (Å²) in [6, 6.07) is 0. The molecule has 0 aromatic carbocycles. The molecule has 0 saturated carbocycles. The Hall–Kier alpha value is -0.870. The van der Waals surface area contributed by atoms with Crippen molar-refractivity contribution in [3.05, 3.63) is 18.0 Å². The lowest BCUT2D eigenvalue weighted by Gasteiger charge is -2.25. The number of aryl methyl sites for hydroxylation is 1. The average Bonchev–Trinajstić information content (AvgIpc) is 2.77. The van der Waals surface area contributed by atoms with Gasteiger partial charge in [0.1, 0.15) is 0 Å². The molecule has 0 amide bonds. The van der Waals surface area contributed by atoms with Gasteiger partial charge in [0.05, 0.1) is 11.8 Å². The fraction of sp³-hybridized carbons (Fsp3) is 0.769. The van der Waals surface area contributed by atoms with E-state index in [0.717, 1.165) is 32.4 Å². The Balaban J connectivity index is 2.34. The highest BCUT2D eigenvalue weighted by Gasteiger charge is 2.21. The number of hydrogen-bond acceptors (Lipinski definition) is 3. The monoisotopic (exact) mass is 239 g/mol. The van der Waals surface area contributed by atoms with E-state index < -0.39 is 5.60 Å². The van der Waals surface area contributed by atoms with Crippen molar-refractivity contribution < 1.29 is 5.11 Å². The molecule has 0 atom stereocenters. The van der Waals surface area contributed by atoms with Gasteiger partial charge in [-0.15, -0.1) is 0 Å². The molecule has 2 N–H and O–H groups in total. The minimum atomic E-state index is -0.570. The minimum absolute atomic E-state index is 0.570. The van der Waals surface area contributed by atoms with Crippen LogP contribution in [0.3, 0.4) is 0 Å². The number of rotatable bonds is 8. The summed E-state index contributed by atoms with van der Waals surface area (Å²) < 4.78 is 1.96. The van der Waals surface area contributed by atoms with Crippen LogP contribution >= 0.6 is 0 Å². The predicted octanol–water partition coefficient (Wildman–Crippen LogP) is 1.93. The molecule has 4 nitrogen and oxygen atoms in total. The molecule has 0 saturated heterocycles. The number of aliphatic hydroxyl groups is 1. The van der Waals surface area contributed by atoms with Crippen LogP contribution in [0.4, 0.5) is 0 Å². The van der Waals surface area contributed by atoms with Crippen LogP contribution in [0.2, 0.25) is 0 Å². The van der Waals surface area contributed by atoms with Gasteiger partial charge < -0.3 is 10.4 Å². The SMILES string of the molecule is CCCn1cc(CNCC(O)(CC)CC)cn1. The van der Waals surface area contributed by atoms with Gasteiger partial charge in [-0.2, -0.15) is 5.10 Å². The van der Waals surface area contributed by atoms with E-state index in [1.54, 1.807) is 0 Å². The first-order valence-corrected chi connectivity index (χ1v) is 6.58. The van der Waals surface area contributed by atoms with Crippen LogP contribution in [0.5, 0.6) is 0 Å². The van der Waals surface area contributed by atoms with E-state index in [0.29, 0.717) is 6.54 Å². The van der Waals surface area contributed by atoms with Gasteiger partial charge in [-0.25, -0.2) is 0 Å². The summed E-state index contributed by atoms with van der Waals surface area (Å²) in [6.07, 6.45) is 6.62. The standard InChI is InChI=1S/C13H25N3O/c1-4-7-16-10-12(9-15-16)8-14-11-13(17,5-2)6-3/h9-10,14,17H,4-8,11H2,1-3H3. The zero-order valence-electron chi connectivity index (χ0n) is 11.2. The summed E-state index contributed by atoms with van der Waals surface area (Å²) in [5.41, 5.74) is 0.604. The van der Waals surface area contributed by atoms with Crippen molar-refractivity contribution in [3.63, 3.8) is 0 Å². The van der Waals surface area contributed by atoms with Crippen molar-refractivity contribution in [2.45, 2.75) is 58.7 Å². The topological polar surface area (TPSA) is 50.1 Å². The first kappa shape index (κ1) is 14.2. The lowest BCUT2D eigenvalue weighted by molar-refractivity contribution is 0.0323. The summed E-state index contributed by atoms with van der Waals surface area (Å²) in [5, 5.41) is 17.7. The smallest absolute Gasteiger partial charge is 0.0766 e. The molecule has 0 aliphatic rings. The Morgan fingerprint density at radius 2 is 2.06 bits per heavy atom. The van der Waals surface area contributed by atoms with E-state index in [1.165, 1.54) is 5.56 Å². The van der Waals surface area contributed by atoms with Crippen LogP contribution in [0.15, 0.2) is 12.4 Å². The molecule has 1 aromatic rings. The van der Waals surface area contributed by atoms with Crippen molar-refractivity contribution in [3.8, 4) is 0 Å². The summed E-state index contributed by atoms with van der Waals surface area (Å²) in [6.45, 7) is 8.55. The molecule has 4 heteroatoms. The molecule has 0 radical (unpaired) electrons. The molecule has 0 fully saturated rings. The largest absolute Gasteiger partial charge is 0.389 e. The summed E-state index contributed by atoms with van der Waals surface area (Å²) in [7, 11) is 0.